The second-order valence-electron chi connectivity index (χ2n) is 12.0. The maximum Gasteiger partial charge on any atom is 0.118 e. The van der Waals surface area contributed by atoms with E-state index in [0.717, 1.165) is 31.2 Å². The summed E-state index contributed by atoms with van der Waals surface area (Å²) >= 11 is 0. The monoisotopic (exact) mass is 598 g/mol. The summed E-state index contributed by atoms with van der Waals surface area (Å²) in [6, 6.07) is 23.9. The molecule has 44 heavy (non-hydrogen) atoms. The number of hydrogen-bond acceptors (Lipinski definition) is 4. The van der Waals surface area contributed by atoms with Crippen LogP contribution < -0.4 is 15.0 Å². The molecule has 4 aromatic rings. The number of H-pyrrole nitrogens is 1. The first kappa shape index (κ1) is 35.2. The van der Waals surface area contributed by atoms with E-state index in [1.807, 2.05) is 13.8 Å². The highest BCUT2D eigenvalue weighted by molar-refractivity contribution is 5.83. The van der Waals surface area contributed by atoms with Crippen molar-refractivity contribution in [1.82, 2.24) is 15.2 Å². The second kappa shape index (κ2) is 19.2. The molecule has 240 valence electrons. The summed E-state index contributed by atoms with van der Waals surface area (Å²) in [6.07, 6.45) is 9.59. The van der Waals surface area contributed by atoms with E-state index in [-0.39, 0.29) is 0 Å². The number of anilines is 1. The molecular weight excluding hydrogens is 540 g/mol. The number of benzene rings is 3. The third-order valence-electron chi connectivity index (χ3n) is 8.55. The van der Waals surface area contributed by atoms with Crippen LogP contribution in [0.3, 0.4) is 0 Å². The highest BCUT2D eigenvalue weighted by atomic mass is 16.5. The Kier molecular flexibility index (Phi) is 15.3. The zero-order valence-electron chi connectivity index (χ0n) is 28.6. The van der Waals surface area contributed by atoms with Crippen LogP contribution in [-0.4, -0.2) is 63.8 Å². The maximum absolute atomic E-state index is 5.15. The fraction of sp³-hybridized carbons (Fsp3) is 0.487. The highest BCUT2D eigenvalue weighted by Gasteiger charge is 2.17. The van der Waals surface area contributed by atoms with Gasteiger partial charge in [-0.15, -0.1) is 0 Å². The van der Waals surface area contributed by atoms with Gasteiger partial charge < -0.3 is 24.8 Å². The number of hydrogen-bond donors (Lipinski definition) is 2. The van der Waals surface area contributed by atoms with Gasteiger partial charge in [-0.25, -0.2) is 0 Å². The van der Waals surface area contributed by atoms with Crippen molar-refractivity contribution >= 4 is 16.6 Å². The van der Waals surface area contributed by atoms with E-state index in [0.29, 0.717) is 0 Å². The largest absolute Gasteiger partial charge is 0.497 e. The van der Waals surface area contributed by atoms with Crippen LogP contribution in [-0.2, 0) is 19.3 Å². The van der Waals surface area contributed by atoms with E-state index in [4.69, 9.17) is 4.74 Å². The normalized spacial score (nSPS) is 14.4. The Balaban J connectivity index is 0.000000209. The van der Waals surface area contributed by atoms with Gasteiger partial charge in [0.05, 0.1) is 7.11 Å². The Bertz CT molecular complexity index is 1340. The van der Waals surface area contributed by atoms with E-state index < -0.39 is 0 Å². The summed E-state index contributed by atoms with van der Waals surface area (Å²) in [4.78, 5) is 8.06. The van der Waals surface area contributed by atoms with Crippen molar-refractivity contribution in [2.75, 3.05) is 58.8 Å². The average Bonchev–Trinajstić information content (AvgIpc) is 3.49. The smallest absolute Gasteiger partial charge is 0.118 e. The van der Waals surface area contributed by atoms with Crippen LogP contribution in [0.2, 0.25) is 0 Å². The average molecular weight is 599 g/mol. The molecule has 1 fully saturated rings. The standard InChI is InChI=1S/C20H22N2.C13H19NO.C4H11N.C2H6/c1-15-8-9-20-16(13-15)5-4-11-22(20)12-10-17-14-21-19-7-3-2-6-18(17)19;1-15-13-4-2-11(3-5-13)10-12-6-8-14-9-7-12;1-4-5(2)3;1-2/h2-3,6-9,13-14,21H,4-5,10-12H2,1H3;2-5,12,14H,6-10H2,1H3;4H2,1-3H3;1-2H3. The lowest BCUT2D eigenvalue weighted by atomic mass is 9.91. The van der Waals surface area contributed by atoms with Crippen LogP contribution in [0.5, 0.6) is 5.75 Å². The van der Waals surface area contributed by atoms with Crippen LogP contribution in [0.25, 0.3) is 10.9 Å². The number of para-hydroxylation sites is 1. The Labute approximate surface area is 268 Å². The van der Waals surface area contributed by atoms with E-state index in [1.165, 1.54) is 90.6 Å². The van der Waals surface area contributed by atoms with Crippen LogP contribution >= 0.6 is 0 Å². The quantitative estimate of drug-likeness (QED) is 0.225. The Morgan fingerprint density at radius 3 is 2.34 bits per heavy atom. The minimum absolute atomic E-state index is 0.861. The van der Waals surface area contributed by atoms with Gasteiger partial charge in [-0.3, -0.25) is 0 Å². The van der Waals surface area contributed by atoms with Gasteiger partial charge in [-0.2, -0.15) is 0 Å². The number of nitrogens with one attached hydrogen (secondary N) is 2. The van der Waals surface area contributed by atoms with E-state index >= 15 is 0 Å². The Hall–Kier alpha value is -3.28. The molecular formula is C39H58N4O. The van der Waals surface area contributed by atoms with Crippen molar-refractivity contribution in [1.29, 1.82) is 0 Å². The van der Waals surface area contributed by atoms with Gasteiger partial charge in [0, 0.05) is 35.9 Å². The fourth-order valence-electron chi connectivity index (χ4n) is 5.81. The Morgan fingerprint density at radius 2 is 1.66 bits per heavy atom. The lowest BCUT2D eigenvalue weighted by molar-refractivity contribution is 0.372. The van der Waals surface area contributed by atoms with Crippen molar-refractivity contribution < 1.29 is 4.74 Å². The zero-order valence-corrected chi connectivity index (χ0v) is 28.6. The van der Waals surface area contributed by atoms with Crippen molar-refractivity contribution in [3.05, 3.63) is 95.2 Å². The molecule has 1 saturated heterocycles. The summed E-state index contributed by atoms with van der Waals surface area (Å²) in [7, 11) is 5.82. The number of rotatable bonds is 7. The first-order chi connectivity index (χ1) is 21.5. The van der Waals surface area contributed by atoms with Crippen LogP contribution in [0.15, 0.2) is 72.9 Å². The summed E-state index contributed by atoms with van der Waals surface area (Å²) in [5, 5.41) is 4.76. The number of methoxy groups -OCH3 is 1. The highest BCUT2D eigenvalue weighted by Crippen LogP contribution is 2.28. The molecule has 0 radical (unpaired) electrons. The second-order valence-corrected chi connectivity index (χ2v) is 12.0. The van der Waals surface area contributed by atoms with Gasteiger partial charge in [0.25, 0.3) is 0 Å². The fourth-order valence-corrected chi connectivity index (χ4v) is 5.81. The molecule has 5 heteroatoms. The summed E-state index contributed by atoms with van der Waals surface area (Å²) < 4.78 is 5.15. The SMILES string of the molecule is CC.CCN(C)C.COc1ccc(CC2CCNCC2)cc1.Cc1ccc2c(c1)CCCN2CCc1c[nH]c2ccccc12. The number of fused-ring (bicyclic) bond motifs is 2. The van der Waals surface area contributed by atoms with Crippen LogP contribution in [0, 0.1) is 12.8 Å². The molecule has 2 N–H and O–H groups in total. The molecule has 0 unspecified atom stereocenters. The zero-order chi connectivity index (χ0) is 31.7. The van der Waals surface area contributed by atoms with E-state index in [1.54, 1.807) is 7.11 Å². The van der Waals surface area contributed by atoms with Gasteiger partial charge >= 0.3 is 0 Å². The van der Waals surface area contributed by atoms with Crippen molar-refractivity contribution in [2.45, 2.75) is 66.2 Å². The van der Waals surface area contributed by atoms with Crippen LogP contribution in [0.4, 0.5) is 5.69 Å². The minimum Gasteiger partial charge on any atom is -0.497 e. The van der Waals surface area contributed by atoms with Gasteiger partial charge in [-0.1, -0.05) is 68.8 Å². The van der Waals surface area contributed by atoms with Gasteiger partial charge in [0.15, 0.2) is 0 Å². The van der Waals surface area contributed by atoms with Gasteiger partial charge in [-0.05, 0) is 126 Å². The summed E-state index contributed by atoms with van der Waals surface area (Å²) in [5.41, 5.74) is 8.43. The molecule has 0 aliphatic carbocycles. The number of aromatic nitrogens is 1. The molecule has 3 heterocycles. The maximum atomic E-state index is 5.15. The number of ether oxygens (including phenoxy) is 1. The van der Waals surface area contributed by atoms with Gasteiger partial charge in [0.2, 0.25) is 0 Å². The number of piperidine rings is 1. The Morgan fingerprint density at radius 1 is 0.955 bits per heavy atom. The van der Waals surface area contributed by atoms with Crippen molar-refractivity contribution in [2.24, 2.45) is 5.92 Å². The summed E-state index contributed by atoms with van der Waals surface area (Å²) in [6.45, 7) is 14.1. The van der Waals surface area contributed by atoms with Gasteiger partial charge in [0.1, 0.15) is 5.75 Å². The number of aryl methyl sites for hydroxylation is 2. The first-order valence-corrected chi connectivity index (χ1v) is 16.8. The third-order valence-corrected chi connectivity index (χ3v) is 8.55. The lowest BCUT2D eigenvalue weighted by Gasteiger charge is -2.31. The van der Waals surface area contributed by atoms with Crippen molar-refractivity contribution in [3.8, 4) is 5.75 Å². The predicted octanol–water partition coefficient (Wildman–Crippen LogP) is 8.30. The topological polar surface area (TPSA) is 43.5 Å². The molecule has 1 aromatic heterocycles. The molecule has 0 bridgehead atoms. The predicted molar refractivity (Wildman–Crippen MR) is 192 cm³/mol. The molecule has 0 saturated carbocycles. The molecule has 3 aromatic carbocycles. The third kappa shape index (κ3) is 11.0. The molecule has 0 atom stereocenters. The number of aromatic amines is 1. The molecule has 0 amide bonds. The molecule has 2 aliphatic rings. The van der Waals surface area contributed by atoms with Crippen LogP contribution in [0.1, 0.15) is 62.3 Å². The van der Waals surface area contributed by atoms with Crippen molar-refractivity contribution in [3.63, 3.8) is 0 Å². The first-order valence-electron chi connectivity index (χ1n) is 16.8. The summed E-state index contributed by atoms with van der Waals surface area (Å²) in [5.74, 6) is 1.81. The number of nitrogens with zero attached hydrogens (tertiary/aromatic N) is 2. The van der Waals surface area contributed by atoms with E-state index in [9.17, 15) is 0 Å². The minimum atomic E-state index is 0.861. The lowest BCUT2D eigenvalue weighted by Crippen LogP contribution is -2.31. The molecule has 0 spiro atoms. The van der Waals surface area contributed by atoms with E-state index in [2.05, 4.69) is 121 Å². The molecule has 2 aliphatic heterocycles. The molecule has 5 nitrogen and oxygen atoms in total. The molecule has 6 rings (SSSR count).